The van der Waals surface area contributed by atoms with Crippen LogP contribution in [0, 0.1) is 0 Å². The SMILES string of the molecule is Nc1cc2c(cc1OCC(F)F)OC1(CCNCC1)C2. The number of nitrogens with one attached hydrogen (secondary N) is 1. The number of rotatable bonds is 3. The molecule has 0 saturated carbocycles. The number of hydrogen-bond donors (Lipinski definition) is 2. The summed E-state index contributed by atoms with van der Waals surface area (Å²) >= 11 is 0. The number of anilines is 1. The lowest BCUT2D eigenvalue weighted by atomic mass is 9.88. The Labute approximate surface area is 116 Å². The lowest BCUT2D eigenvalue weighted by molar-refractivity contribution is 0.0591. The third kappa shape index (κ3) is 2.52. The zero-order valence-electron chi connectivity index (χ0n) is 11.1. The monoisotopic (exact) mass is 284 g/mol. The highest BCUT2D eigenvalue weighted by Gasteiger charge is 2.40. The van der Waals surface area contributed by atoms with Crippen molar-refractivity contribution in [2.45, 2.75) is 31.3 Å². The summed E-state index contributed by atoms with van der Waals surface area (Å²) < 4.78 is 35.5. The fourth-order valence-corrected chi connectivity index (χ4v) is 2.91. The lowest BCUT2D eigenvalue weighted by Gasteiger charge is -2.33. The number of ether oxygens (including phenoxy) is 2. The summed E-state index contributed by atoms with van der Waals surface area (Å²) in [5.74, 6) is 0.986. The van der Waals surface area contributed by atoms with Crippen LogP contribution in [0.25, 0.3) is 0 Å². The second-order valence-corrected chi connectivity index (χ2v) is 5.41. The molecule has 110 valence electrons. The smallest absolute Gasteiger partial charge is 0.272 e. The molecule has 0 atom stereocenters. The Hall–Kier alpha value is -1.56. The fraction of sp³-hybridized carbons (Fsp3) is 0.571. The predicted octanol–water partition coefficient (Wildman–Crippen LogP) is 1.97. The topological polar surface area (TPSA) is 56.5 Å². The van der Waals surface area contributed by atoms with Gasteiger partial charge in [-0.2, -0.15) is 0 Å². The Morgan fingerprint density at radius 3 is 2.80 bits per heavy atom. The molecule has 0 aromatic heterocycles. The summed E-state index contributed by atoms with van der Waals surface area (Å²) in [7, 11) is 0. The number of halogens is 2. The van der Waals surface area contributed by atoms with Gasteiger partial charge in [0.2, 0.25) is 0 Å². The van der Waals surface area contributed by atoms with Gasteiger partial charge in [-0.15, -0.1) is 0 Å². The number of alkyl halides is 2. The van der Waals surface area contributed by atoms with Crippen molar-refractivity contribution in [2.75, 3.05) is 25.4 Å². The van der Waals surface area contributed by atoms with Crippen molar-refractivity contribution in [3.05, 3.63) is 17.7 Å². The van der Waals surface area contributed by atoms with E-state index in [-0.39, 0.29) is 11.4 Å². The number of hydrogen-bond acceptors (Lipinski definition) is 4. The van der Waals surface area contributed by atoms with E-state index in [1.165, 1.54) is 0 Å². The van der Waals surface area contributed by atoms with E-state index in [9.17, 15) is 8.78 Å². The number of benzene rings is 1. The zero-order valence-corrected chi connectivity index (χ0v) is 11.1. The third-order valence-electron chi connectivity index (χ3n) is 3.91. The van der Waals surface area contributed by atoms with E-state index in [1.54, 1.807) is 12.1 Å². The van der Waals surface area contributed by atoms with Gasteiger partial charge in [-0.3, -0.25) is 0 Å². The van der Waals surface area contributed by atoms with E-state index in [2.05, 4.69) is 5.32 Å². The second kappa shape index (κ2) is 5.09. The maximum Gasteiger partial charge on any atom is 0.272 e. The van der Waals surface area contributed by atoms with Gasteiger partial charge in [0.1, 0.15) is 23.7 Å². The molecule has 2 heterocycles. The molecular weight excluding hydrogens is 266 g/mol. The molecule has 0 bridgehead atoms. The van der Waals surface area contributed by atoms with E-state index in [0.29, 0.717) is 11.4 Å². The third-order valence-corrected chi connectivity index (χ3v) is 3.91. The van der Waals surface area contributed by atoms with Crippen molar-refractivity contribution in [1.29, 1.82) is 0 Å². The van der Waals surface area contributed by atoms with Gasteiger partial charge in [0, 0.05) is 18.1 Å². The van der Waals surface area contributed by atoms with Crippen molar-refractivity contribution >= 4 is 5.69 Å². The van der Waals surface area contributed by atoms with Gasteiger partial charge >= 0.3 is 0 Å². The standard InChI is InChI=1S/C14H18F2N2O2/c15-13(16)8-19-12-6-11-9(5-10(12)17)7-14(20-11)1-3-18-4-2-14/h5-6,13,18H,1-4,7-8,17H2. The average molecular weight is 284 g/mol. The van der Waals surface area contributed by atoms with Crippen LogP contribution < -0.4 is 20.5 Å². The summed E-state index contributed by atoms with van der Waals surface area (Å²) in [5.41, 5.74) is 7.12. The molecule has 1 aromatic carbocycles. The van der Waals surface area contributed by atoms with E-state index in [4.69, 9.17) is 15.2 Å². The number of fused-ring (bicyclic) bond motifs is 1. The molecule has 1 fully saturated rings. The van der Waals surface area contributed by atoms with Crippen LogP contribution in [0.15, 0.2) is 12.1 Å². The molecule has 4 nitrogen and oxygen atoms in total. The molecule has 0 unspecified atom stereocenters. The lowest BCUT2D eigenvalue weighted by Crippen LogP contribution is -2.45. The first-order valence-corrected chi connectivity index (χ1v) is 6.81. The van der Waals surface area contributed by atoms with Crippen LogP contribution in [0.2, 0.25) is 0 Å². The molecule has 2 aliphatic heterocycles. The van der Waals surface area contributed by atoms with Gasteiger partial charge in [0.05, 0.1) is 5.69 Å². The second-order valence-electron chi connectivity index (χ2n) is 5.41. The normalized spacial score (nSPS) is 19.9. The van der Waals surface area contributed by atoms with E-state index in [0.717, 1.165) is 37.9 Å². The molecule has 1 spiro atoms. The number of piperidine rings is 1. The van der Waals surface area contributed by atoms with E-state index in [1.807, 2.05) is 0 Å². The quantitative estimate of drug-likeness (QED) is 0.833. The molecule has 3 N–H and O–H groups in total. The Kier molecular flexibility index (Phi) is 3.41. The molecule has 0 radical (unpaired) electrons. The fourth-order valence-electron chi connectivity index (χ4n) is 2.91. The molecule has 6 heteroatoms. The Bertz CT molecular complexity index is 502. The van der Waals surface area contributed by atoms with E-state index >= 15 is 0 Å². The van der Waals surface area contributed by atoms with Crippen molar-refractivity contribution in [2.24, 2.45) is 0 Å². The summed E-state index contributed by atoms with van der Waals surface area (Å²) in [4.78, 5) is 0. The summed E-state index contributed by atoms with van der Waals surface area (Å²) in [6, 6.07) is 3.43. The van der Waals surface area contributed by atoms with Crippen LogP contribution in [0.1, 0.15) is 18.4 Å². The highest BCUT2D eigenvalue weighted by atomic mass is 19.3. The first-order chi connectivity index (χ1) is 9.58. The molecular formula is C14H18F2N2O2. The van der Waals surface area contributed by atoms with Crippen molar-refractivity contribution in [3.8, 4) is 11.5 Å². The van der Waals surface area contributed by atoms with Crippen LogP contribution in [-0.4, -0.2) is 31.7 Å². The summed E-state index contributed by atoms with van der Waals surface area (Å²) in [5, 5.41) is 3.31. The van der Waals surface area contributed by atoms with Crippen molar-refractivity contribution in [1.82, 2.24) is 5.32 Å². The molecule has 0 amide bonds. The summed E-state index contributed by atoms with van der Waals surface area (Å²) in [6.45, 7) is 1.20. The molecule has 1 saturated heterocycles. The molecule has 2 aliphatic rings. The van der Waals surface area contributed by atoms with Gasteiger partial charge in [0.15, 0.2) is 0 Å². The Morgan fingerprint density at radius 1 is 1.35 bits per heavy atom. The van der Waals surface area contributed by atoms with Gasteiger partial charge in [0.25, 0.3) is 6.43 Å². The maximum atomic E-state index is 12.2. The van der Waals surface area contributed by atoms with Gasteiger partial charge in [-0.1, -0.05) is 0 Å². The van der Waals surface area contributed by atoms with Crippen molar-refractivity contribution < 1.29 is 18.3 Å². The minimum atomic E-state index is -2.51. The first kappa shape index (κ1) is 13.4. The van der Waals surface area contributed by atoms with E-state index < -0.39 is 13.0 Å². The Balaban J connectivity index is 1.79. The Morgan fingerprint density at radius 2 is 2.10 bits per heavy atom. The van der Waals surface area contributed by atoms with Gasteiger partial charge in [-0.05, 0) is 32.0 Å². The van der Waals surface area contributed by atoms with Crippen LogP contribution in [0.4, 0.5) is 14.5 Å². The minimum Gasteiger partial charge on any atom is -0.486 e. The molecule has 20 heavy (non-hydrogen) atoms. The number of nitrogen functional groups attached to an aromatic ring is 1. The summed E-state index contributed by atoms with van der Waals surface area (Å²) in [6.07, 6.45) is 0.187. The molecule has 0 aliphatic carbocycles. The largest absolute Gasteiger partial charge is 0.486 e. The maximum absolute atomic E-state index is 12.2. The molecule has 3 rings (SSSR count). The highest BCUT2D eigenvalue weighted by Crippen LogP contribution is 2.43. The predicted molar refractivity (Wildman–Crippen MR) is 71.5 cm³/mol. The van der Waals surface area contributed by atoms with Crippen LogP contribution in [0.5, 0.6) is 11.5 Å². The minimum absolute atomic E-state index is 0.165. The molecule has 1 aromatic rings. The van der Waals surface area contributed by atoms with Crippen LogP contribution in [0.3, 0.4) is 0 Å². The number of nitrogens with two attached hydrogens (primary N) is 1. The first-order valence-electron chi connectivity index (χ1n) is 6.81. The van der Waals surface area contributed by atoms with Crippen molar-refractivity contribution in [3.63, 3.8) is 0 Å². The van der Waals surface area contributed by atoms with Gasteiger partial charge < -0.3 is 20.5 Å². The van der Waals surface area contributed by atoms with Gasteiger partial charge in [-0.25, -0.2) is 8.78 Å². The van der Waals surface area contributed by atoms with Crippen LogP contribution >= 0.6 is 0 Å². The van der Waals surface area contributed by atoms with Crippen LogP contribution in [-0.2, 0) is 6.42 Å². The average Bonchev–Trinajstić information content (AvgIpc) is 2.73. The zero-order chi connectivity index (χ0) is 14.2. The highest BCUT2D eigenvalue weighted by molar-refractivity contribution is 5.60.